The molecule has 0 amide bonds. The molecule has 0 fully saturated rings. The van der Waals surface area contributed by atoms with E-state index < -0.39 is 11.6 Å². The Morgan fingerprint density at radius 1 is 1.03 bits per heavy atom. The van der Waals surface area contributed by atoms with Crippen molar-refractivity contribution < 1.29 is 23.8 Å². The van der Waals surface area contributed by atoms with E-state index in [9.17, 15) is 9.59 Å². The monoisotopic (exact) mass is 422 g/mol. The fourth-order valence-corrected chi connectivity index (χ4v) is 3.30. The van der Waals surface area contributed by atoms with E-state index in [4.69, 9.17) is 14.2 Å². The summed E-state index contributed by atoms with van der Waals surface area (Å²) in [6.07, 6.45) is 1.75. The normalized spacial score (nSPS) is 14.9. The van der Waals surface area contributed by atoms with Gasteiger partial charge < -0.3 is 14.2 Å². The molecule has 31 heavy (non-hydrogen) atoms. The largest absolute Gasteiger partial charge is 0.482 e. The second-order valence-electron chi connectivity index (χ2n) is 9.80. The molecule has 5 heteroatoms. The van der Waals surface area contributed by atoms with Crippen LogP contribution in [0.25, 0.3) is 6.08 Å². The van der Waals surface area contributed by atoms with Gasteiger partial charge in [0.05, 0.1) is 5.56 Å². The zero-order chi connectivity index (χ0) is 23.0. The van der Waals surface area contributed by atoms with Crippen LogP contribution < -0.4 is 9.47 Å². The summed E-state index contributed by atoms with van der Waals surface area (Å²) in [6, 6.07) is 11.4. The molecule has 0 atom stereocenters. The highest BCUT2D eigenvalue weighted by molar-refractivity contribution is 6.15. The van der Waals surface area contributed by atoms with Crippen molar-refractivity contribution in [3.63, 3.8) is 0 Å². The number of ether oxygens (including phenoxy) is 3. The van der Waals surface area contributed by atoms with Crippen molar-refractivity contribution >= 4 is 17.8 Å². The first-order valence-electron chi connectivity index (χ1n) is 10.4. The van der Waals surface area contributed by atoms with E-state index in [1.54, 1.807) is 39.0 Å². The number of hydrogen-bond donors (Lipinski definition) is 0. The smallest absolute Gasteiger partial charge is 0.344 e. The number of carbonyl (C=O) groups is 2. The molecule has 5 nitrogen and oxygen atoms in total. The van der Waals surface area contributed by atoms with Gasteiger partial charge in [0.1, 0.15) is 17.1 Å². The highest BCUT2D eigenvalue weighted by Gasteiger charge is 2.30. The van der Waals surface area contributed by atoms with Crippen molar-refractivity contribution in [1.82, 2.24) is 0 Å². The molecule has 0 spiro atoms. The molecule has 3 rings (SSSR count). The molecule has 1 aliphatic heterocycles. The molecule has 1 aliphatic rings. The summed E-state index contributed by atoms with van der Waals surface area (Å²) in [5, 5.41) is 0. The van der Waals surface area contributed by atoms with Gasteiger partial charge in [0.25, 0.3) is 0 Å². The van der Waals surface area contributed by atoms with E-state index in [1.165, 1.54) is 5.56 Å². The Bertz CT molecular complexity index is 1030. The Balaban J connectivity index is 1.76. The summed E-state index contributed by atoms with van der Waals surface area (Å²) >= 11 is 0. The average molecular weight is 423 g/mol. The third-order valence-corrected chi connectivity index (χ3v) is 4.79. The first kappa shape index (κ1) is 22.6. The van der Waals surface area contributed by atoms with E-state index in [1.807, 2.05) is 19.1 Å². The summed E-state index contributed by atoms with van der Waals surface area (Å²) in [5.74, 6) is 0.534. The van der Waals surface area contributed by atoms with Crippen LogP contribution in [0.1, 0.15) is 68.6 Å². The van der Waals surface area contributed by atoms with Crippen LogP contribution in [0.5, 0.6) is 11.5 Å². The molecule has 0 bridgehead atoms. The molecule has 0 unspecified atom stereocenters. The molecule has 0 saturated carbocycles. The maximum atomic E-state index is 12.9. The zero-order valence-electron chi connectivity index (χ0n) is 19.3. The molecule has 1 heterocycles. The van der Waals surface area contributed by atoms with Crippen molar-refractivity contribution in [3.05, 3.63) is 64.4 Å². The Labute approximate surface area is 184 Å². The fourth-order valence-electron chi connectivity index (χ4n) is 3.30. The van der Waals surface area contributed by atoms with E-state index in [2.05, 4.69) is 32.9 Å². The van der Waals surface area contributed by atoms with Crippen molar-refractivity contribution in [3.8, 4) is 11.5 Å². The standard InChI is InChI=1S/C26H30O5/c1-16-12-19(29-15-22(27)31-26(5,6)7)14-20-23(16)24(28)21(30-20)13-17-8-10-18(11-9-17)25(2,3)4/h8-14H,15H2,1-7H3/b21-13-. The number of carbonyl (C=O) groups excluding carboxylic acids is 2. The molecular weight excluding hydrogens is 392 g/mol. The Morgan fingerprint density at radius 2 is 1.68 bits per heavy atom. The van der Waals surface area contributed by atoms with Crippen LogP contribution in [-0.2, 0) is 14.9 Å². The van der Waals surface area contributed by atoms with Gasteiger partial charge in [-0.15, -0.1) is 0 Å². The van der Waals surface area contributed by atoms with Crippen LogP contribution in [0, 0.1) is 6.92 Å². The van der Waals surface area contributed by atoms with Crippen LogP contribution >= 0.6 is 0 Å². The third-order valence-electron chi connectivity index (χ3n) is 4.79. The maximum absolute atomic E-state index is 12.9. The third kappa shape index (κ3) is 5.54. The predicted molar refractivity (Wildman–Crippen MR) is 121 cm³/mol. The molecule has 0 aliphatic carbocycles. The second-order valence-corrected chi connectivity index (χ2v) is 9.80. The SMILES string of the molecule is Cc1cc(OCC(=O)OC(C)(C)C)cc2c1C(=O)/C(=C/c1ccc(C(C)(C)C)cc1)O2. The number of aryl methyl sites for hydroxylation is 1. The first-order chi connectivity index (χ1) is 14.3. The lowest BCUT2D eigenvalue weighted by atomic mass is 9.86. The number of rotatable bonds is 4. The van der Waals surface area contributed by atoms with E-state index in [-0.39, 0.29) is 23.6 Å². The molecule has 0 saturated heterocycles. The number of esters is 1. The van der Waals surface area contributed by atoms with Gasteiger partial charge in [-0.1, -0.05) is 45.0 Å². The quantitative estimate of drug-likeness (QED) is 0.472. The van der Waals surface area contributed by atoms with Crippen molar-refractivity contribution in [2.75, 3.05) is 6.61 Å². The van der Waals surface area contributed by atoms with Gasteiger partial charge in [-0.3, -0.25) is 4.79 Å². The number of benzene rings is 2. The lowest BCUT2D eigenvalue weighted by Gasteiger charge is -2.19. The lowest BCUT2D eigenvalue weighted by molar-refractivity contribution is -0.157. The number of Topliss-reactive ketones (excluding diaryl/α,β-unsaturated/α-hetero) is 1. The number of hydrogen-bond acceptors (Lipinski definition) is 5. The van der Waals surface area contributed by atoms with Crippen LogP contribution in [-0.4, -0.2) is 24.0 Å². The highest BCUT2D eigenvalue weighted by Crippen LogP contribution is 2.37. The molecule has 2 aromatic carbocycles. The molecule has 0 radical (unpaired) electrons. The fraction of sp³-hybridized carbons (Fsp3) is 0.385. The van der Waals surface area contributed by atoms with Gasteiger partial charge in [-0.25, -0.2) is 4.79 Å². The Kier molecular flexibility index (Phi) is 5.99. The maximum Gasteiger partial charge on any atom is 0.344 e. The van der Waals surface area contributed by atoms with Crippen LogP contribution in [0.15, 0.2) is 42.2 Å². The molecule has 2 aromatic rings. The minimum Gasteiger partial charge on any atom is -0.482 e. The summed E-state index contributed by atoms with van der Waals surface area (Å²) in [4.78, 5) is 24.8. The summed E-state index contributed by atoms with van der Waals surface area (Å²) in [7, 11) is 0. The average Bonchev–Trinajstić information content (AvgIpc) is 2.94. The highest BCUT2D eigenvalue weighted by atomic mass is 16.6. The number of fused-ring (bicyclic) bond motifs is 1. The van der Waals surface area contributed by atoms with Crippen LogP contribution in [0.3, 0.4) is 0 Å². The van der Waals surface area contributed by atoms with E-state index >= 15 is 0 Å². The number of allylic oxidation sites excluding steroid dienone is 1. The summed E-state index contributed by atoms with van der Waals surface area (Å²) < 4.78 is 16.7. The van der Waals surface area contributed by atoms with E-state index in [0.29, 0.717) is 17.1 Å². The zero-order valence-corrected chi connectivity index (χ0v) is 19.3. The Hall–Kier alpha value is -3.08. The second kappa shape index (κ2) is 8.22. The van der Waals surface area contributed by atoms with Crippen LogP contribution in [0.2, 0.25) is 0 Å². The molecule has 0 N–H and O–H groups in total. The van der Waals surface area contributed by atoms with Gasteiger partial charge >= 0.3 is 5.97 Å². The van der Waals surface area contributed by atoms with Crippen LogP contribution in [0.4, 0.5) is 0 Å². The van der Waals surface area contributed by atoms with Crippen molar-refractivity contribution in [2.45, 2.75) is 59.5 Å². The van der Waals surface area contributed by atoms with Crippen molar-refractivity contribution in [1.29, 1.82) is 0 Å². The topological polar surface area (TPSA) is 61.8 Å². The molecule has 0 aromatic heterocycles. The van der Waals surface area contributed by atoms with Gasteiger partial charge in [0.2, 0.25) is 5.78 Å². The molecule has 164 valence electrons. The minimum atomic E-state index is -0.575. The molecular formula is C26H30O5. The van der Waals surface area contributed by atoms with Gasteiger partial charge in [-0.05, 0) is 61.9 Å². The summed E-state index contributed by atoms with van der Waals surface area (Å²) in [5.41, 5.74) is 2.85. The van der Waals surface area contributed by atoms with E-state index in [0.717, 1.165) is 11.1 Å². The predicted octanol–water partition coefficient (Wildman–Crippen LogP) is 5.63. The first-order valence-corrected chi connectivity index (χ1v) is 10.4. The number of ketones is 1. The summed E-state index contributed by atoms with van der Waals surface area (Å²) in [6.45, 7) is 13.5. The Morgan fingerprint density at radius 3 is 2.26 bits per heavy atom. The lowest BCUT2D eigenvalue weighted by Crippen LogP contribution is -2.27. The minimum absolute atomic E-state index is 0.0639. The van der Waals surface area contributed by atoms with Gasteiger partial charge in [-0.2, -0.15) is 0 Å². The van der Waals surface area contributed by atoms with Gasteiger partial charge in [0, 0.05) is 6.07 Å². The van der Waals surface area contributed by atoms with Crippen molar-refractivity contribution in [2.24, 2.45) is 0 Å². The van der Waals surface area contributed by atoms with Gasteiger partial charge in [0.15, 0.2) is 12.4 Å².